The Bertz CT molecular complexity index is 171. The van der Waals surface area contributed by atoms with Crippen molar-refractivity contribution in [1.82, 2.24) is 0 Å². The van der Waals surface area contributed by atoms with Crippen molar-refractivity contribution in [2.45, 2.75) is 6.92 Å². The van der Waals surface area contributed by atoms with Gasteiger partial charge in [0.15, 0.2) is 0 Å². The molecule has 3 heteroatoms. The van der Waals surface area contributed by atoms with E-state index in [1.807, 2.05) is 19.1 Å². The van der Waals surface area contributed by atoms with Crippen LogP contribution in [0.3, 0.4) is 0 Å². The number of hydrogen-bond donors (Lipinski definition) is 1. The van der Waals surface area contributed by atoms with Gasteiger partial charge in [-0.3, -0.25) is 0 Å². The Balaban J connectivity index is 0. The second-order valence-corrected chi connectivity index (χ2v) is 1.84. The molecule has 0 heterocycles. The van der Waals surface area contributed by atoms with E-state index in [0.717, 1.165) is 5.56 Å². The van der Waals surface area contributed by atoms with Gasteiger partial charge in [0.25, 0.3) is 0 Å². The molecule has 1 aromatic carbocycles. The normalized spacial score (nSPS) is 7.30. The number of aryl methyl sites for hydroxylation is 1. The maximum absolute atomic E-state index is 8.81. The van der Waals surface area contributed by atoms with E-state index in [4.69, 9.17) is 5.11 Å². The molecule has 1 rings (SSSR count). The van der Waals surface area contributed by atoms with Gasteiger partial charge in [-0.25, -0.2) is 0 Å². The van der Waals surface area contributed by atoms with Crippen LogP contribution < -0.4 is 0 Å². The van der Waals surface area contributed by atoms with E-state index in [1.54, 1.807) is 12.1 Å². The Morgan fingerprint density at radius 3 is 2.20 bits per heavy atom. The summed E-state index contributed by atoms with van der Waals surface area (Å²) in [5.74, 6) is 0.338. The van der Waals surface area contributed by atoms with Crippen LogP contribution in [-0.2, 0) is 0 Å². The van der Waals surface area contributed by atoms with Gasteiger partial charge in [0.1, 0.15) is 5.75 Å². The predicted octanol–water partition coefficient (Wildman–Crippen LogP) is 0.876. The van der Waals surface area contributed by atoms with Gasteiger partial charge in [-0.05, 0) is 24.6 Å². The van der Waals surface area contributed by atoms with Gasteiger partial charge in [0.05, 0.1) is 0 Å². The van der Waals surface area contributed by atoms with E-state index >= 15 is 0 Å². The van der Waals surface area contributed by atoms with Gasteiger partial charge in [0, 0.05) is 31.1 Å². The van der Waals surface area contributed by atoms with Crippen molar-refractivity contribution in [3.8, 4) is 5.75 Å². The van der Waals surface area contributed by atoms with Crippen molar-refractivity contribution in [3.63, 3.8) is 0 Å². The summed E-state index contributed by atoms with van der Waals surface area (Å²) in [5, 5.41) is 8.81. The monoisotopic (exact) mass is 364 g/mol. The predicted molar refractivity (Wildman–Crippen MR) is 36.5 cm³/mol. The van der Waals surface area contributed by atoms with E-state index in [2.05, 4.69) is 0 Å². The number of benzene rings is 1. The number of rotatable bonds is 0. The number of phenolic OH excluding ortho intramolecular Hbond substituents is 1. The second-order valence-electron chi connectivity index (χ2n) is 1.84. The van der Waals surface area contributed by atoms with E-state index in [-0.39, 0.29) is 36.6 Å². The first-order valence-corrected chi connectivity index (χ1v) is 2.54. The Labute approximate surface area is 84.0 Å². The molecule has 0 bridgehead atoms. The first-order valence-electron chi connectivity index (χ1n) is 2.54. The molecule has 1 aromatic rings. The van der Waals surface area contributed by atoms with Crippen LogP contribution in [0, 0.1) is 38.0 Å². The van der Waals surface area contributed by atoms with Gasteiger partial charge in [0.2, 0.25) is 0 Å². The Kier molecular flexibility index (Phi) is 7.34. The van der Waals surface area contributed by atoms with Crippen molar-refractivity contribution in [2.24, 2.45) is 0 Å². The van der Waals surface area contributed by atoms with Crippen molar-refractivity contribution in [1.29, 1.82) is 0 Å². The van der Waals surface area contributed by atoms with E-state index < -0.39 is 0 Å². The summed E-state index contributed by atoms with van der Waals surface area (Å²) in [7, 11) is 0. The third kappa shape index (κ3) is 3.95. The fourth-order valence-electron chi connectivity index (χ4n) is 0.628. The average molecular weight is 364 g/mol. The fourth-order valence-corrected chi connectivity index (χ4v) is 0.628. The molecule has 0 fully saturated rings. The van der Waals surface area contributed by atoms with Crippen LogP contribution in [-0.4, -0.2) is 10.6 Å². The summed E-state index contributed by atoms with van der Waals surface area (Å²) in [6.07, 6.45) is 0. The van der Waals surface area contributed by atoms with Crippen LogP contribution in [0.1, 0.15) is 5.56 Å². The molecule has 3 N–H and O–H groups in total. The van der Waals surface area contributed by atoms with Crippen LogP contribution in [0.15, 0.2) is 24.3 Å². The fraction of sp³-hybridized carbons (Fsp3) is 0.143. The Morgan fingerprint density at radius 1 is 1.30 bits per heavy atom. The maximum Gasteiger partial charge on any atom is 0.115 e. The quantitative estimate of drug-likeness (QED) is 0.730. The standard InChI is InChI=1S/C7H8O.H2O.U/c1-6-3-2-4-7(8)5-6;;/h2-5,8H,1H3;1H2;. The van der Waals surface area contributed by atoms with Crippen molar-refractivity contribution >= 4 is 0 Å². The van der Waals surface area contributed by atoms with Crippen LogP contribution in [0.5, 0.6) is 5.75 Å². The van der Waals surface area contributed by atoms with Crippen LogP contribution >= 0.6 is 0 Å². The first kappa shape index (κ1) is 12.7. The summed E-state index contributed by atoms with van der Waals surface area (Å²) < 4.78 is 0. The molecule has 0 unspecified atom stereocenters. The number of hydrogen-bond acceptors (Lipinski definition) is 1. The van der Waals surface area contributed by atoms with E-state index in [9.17, 15) is 0 Å². The van der Waals surface area contributed by atoms with E-state index in [0.29, 0.717) is 5.75 Å². The van der Waals surface area contributed by atoms with Crippen LogP contribution in [0.4, 0.5) is 0 Å². The van der Waals surface area contributed by atoms with Crippen molar-refractivity contribution in [3.05, 3.63) is 29.8 Å². The third-order valence-electron chi connectivity index (χ3n) is 1.00. The molecule has 0 amide bonds. The molecule has 0 saturated heterocycles. The van der Waals surface area contributed by atoms with Gasteiger partial charge in [-0.1, -0.05) is 12.1 Å². The molecule has 0 saturated carbocycles. The van der Waals surface area contributed by atoms with Crippen LogP contribution in [0.2, 0.25) is 0 Å². The molecular weight excluding hydrogens is 354 g/mol. The second kappa shape index (κ2) is 5.79. The molecule has 0 atom stereocenters. The minimum absolute atomic E-state index is 0. The molecular formula is C7H10O2U. The molecule has 0 aliphatic heterocycles. The third-order valence-corrected chi connectivity index (χ3v) is 1.00. The molecule has 54 valence electrons. The molecule has 0 aromatic heterocycles. The summed E-state index contributed by atoms with van der Waals surface area (Å²) in [4.78, 5) is 0. The summed E-state index contributed by atoms with van der Waals surface area (Å²) in [6.45, 7) is 1.94. The maximum atomic E-state index is 8.81. The molecule has 0 aliphatic rings. The number of aromatic hydroxyl groups is 1. The Morgan fingerprint density at radius 2 is 1.90 bits per heavy atom. The van der Waals surface area contributed by atoms with Gasteiger partial charge in [-0.2, -0.15) is 0 Å². The largest absolute Gasteiger partial charge is 0.508 e. The molecule has 2 nitrogen and oxygen atoms in total. The topological polar surface area (TPSA) is 51.7 Å². The number of phenols is 1. The zero-order valence-corrected chi connectivity index (χ0v) is 9.92. The SMILES string of the molecule is Cc1cccc(O)c1.O.[U]. The zero-order valence-electron chi connectivity index (χ0n) is 5.76. The van der Waals surface area contributed by atoms with Crippen LogP contribution in [0.25, 0.3) is 0 Å². The molecule has 0 radical (unpaired) electrons. The summed E-state index contributed by atoms with van der Waals surface area (Å²) in [5.41, 5.74) is 1.09. The molecule has 10 heavy (non-hydrogen) atoms. The van der Waals surface area contributed by atoms with Gasteiger partial charge >= 0.3 is 0 Å². The van der Waals surface area contributed by atoms with Gasteiger partial charge in [-0.15, -0.1) is 0 Å². The molecule has 0 spiro atoms. The summed E-state index contributed by atoms with van der Waals surface area (Å²) in [6, 6.07) is 7.15. The van der Waals surface area contributed by atoms with Gasteiger partial charge < -0.3 is 10.6 Å². The summed E-state index contributed by atoms with van der Waals surface area (Å²) >= 11 is 0. The molecule has 0 aliphatic carbocycles. The minimum atomic E-state index is 0. The average Bonchev–Trinajstić information content (AvgIpc) is 1.64. The van der Waals surface area contributed by atoms with Crippen molar-refractivity contribution in [2.75, 3.05) is 0 Å². The smallest absolute Gasteiger partial charge is 0.115 e. The zero-order chi connectivity index (χ0) is 5.98. The van der Waals surface area contributed by atoms with Crippen molar-refractivity contribution < 1.29 is 41.7 Å². The van der Waals surface area contributed by atoms with E-state index in [1.165, 1.54) is 0 Å². The Hall–Kier alpha value is 0.0319. The first-order chi connectivity index (χ1) is 3.79. The minimum Gasteiger partial charge on any atom is -0.508 e.